The smallest absolute Gasteiger partial charge is 0.306 e. The lowest BCUT2D eigenvalue weighted by Crippen LogP contribution is -2.29. The lowest BCUT2D eigenvalue weighted by molar-refractivity contribution is -0.152. The molecule has 0 radical (unpaired) electrons. The Morgan fingerprint density at radius 1 is 1.17 bits per heavy atom. The topological polar surface area (TPSA) is 52.6 Å². The fourth-order valence-electron chi connectivity index (χ4n) is 2.73. The quantitative estimate of drug-likeness (QED) is 0.594. The van der Waals surface area contributed by atoms with Crippen LogP contribution in [-0.2, 0) is 14.3 Å². The zero-order chi connectivity index (χ0) is 16.8. The molecule has 4 nitrogen and oxygen atoms in total. The summed E-state index contributed by atoms with van der Waals surface area (Å²) in [6, 6.07) is 2.75. The van der Waals surface area contributed by atoms with E-state index in [0.717, 1.165) is 31.4 Å². The Labute approximate surface area is 133 Å². The van der Waals surface area contributed by atoms with Crippen molar-refractivity contribution < 1.29 is 27.8 Å². The minimum atomic E-state index is -0.918. The molecule has 0 bridgehead atoms. The van der Waals surface area contributed by atoms with Crippen molar-refractivity contribution in [3.63, 3.8) is 0 Å². The molecule has 2 atom stereocenters. The predicted molar refractivity (Wildman–Crippen MR) is 79.1 cm³/mol. The van der Waals surface area contributed by atoms with Gasteiger partial charge in [0.2, 0.25) is 0 Å². The Kier molecular flexibility index (Phi) is 6.21. The summed E-state index contributed by atoms with van der Waals surface area (Å²) in [6.45, 7) is 0. The lowest BCUT2D eigenvalue weighted by Gasteiger charge is -2.27. The van der Waals surface area contributed by atoms with E-state index in [1.54, 1.807) is 7.11 Å². The molecule has 0 spiro atoms. The van der Waals surface area contributed by atoms with Crippen LogP contribution in [0.25, 0.3) is 0 Å². The van der Waals surface area contributed by atoms with Crippen molar-refractivity contribution in [1.82, 2.24) is 0 Å². The molecule has 0 aliphatic heterocycles. The van der Waals surface area contributed by atoms with Gasteiger partial charge in [-0.1, -0.05) is 0 Å². The molecule has 1 aliphatic rings. The largest absolute Gasteiger partial charge is 0.462 e. The monoisotopic (exact) mass is 326 g/mol. The molecular weight excluding hydrogens is 306 g/mol. The van der Waals surface area contributed by atoms with Gasteiger partial charge in [0.05, 0.1) is 18.1 Å². The number of hydrogen-bond acceptors (Lipinski definition) is 4. The van der Waals surface area contributed by atoms with Gasteiger partial charge in [-0.3, -0.25) is 9.59 Å². The Morgan fingerprint density at radius 2 is 1.91 bits per heavy atom. The molecule has 1 saturated carbocycles. The highest BCUT2D eigenvalue weighted by Gasteiger charge is 2.25. The van der Waals surface area contributed by atoms with E-state index in [-0.39, 0.29) is 30.6 Å². The van der Waals surface area contributed by atoms with Crippen LogP contribution in [0.1, 0.15) is 48.9 Å². The van der Waals surface area contributed by atoms with E-state index in [2.05, 4.69) is 0 Å². The molecule has 23 heavy (non-hydrogen) atoms. The van der Waals surface area contributed by atoms with E-state index < -0.39 is 23.4 Å². The van der Waals surface area contributed by atoms with Gasteiger partial charge in [-0.05, 0) is 31.4 Å². The van der Waals surface area contributed by atoms with Crippen LogP contribution >= 0.6 is 0 Å². The van der Waals surface area contributed by atoms with Gasteiger partial charge in [0.25, 0.3) is 0 Å². The van der Waals surface area contributed by atoms with Crippen molar-refractivity contribution in [1.29, 1.82) is 0 Å². The van der Waals surface area contributed by atoms with Crippen molar-refractivity contribution >= 4 is 11.8 Å². The molecule has 126 valence electrons. The average Bonchev–Trinajstić information content (AvgIpc) is 2.53. The maximum atomic E-state index is 13.5. The first-order valence-electron chi connectivity index (χ1n) is 7.70. The normalized spacial score (nSPS) is 21.0. The van der Waals surface area contributed by atoms with E-state index in [0.29, 0.717) is 12.5 Å². The number of rotatable bonds is 6. The molecule has 0 amide bonds. The summed E-state index contributed by atoms with van der Waals surface area (Å²) in [5.41, 5.74) is -0.212. The zero-order valence-corrected chi connectivity index (χ0v) is 13.0. The van der Waals surface area contributed by atoms with Crippen molar-refractivity contribution in [3.05, 3.63) is 35.4 Å². The molecule has 1 aromatic carbocycles. The van der Waals surface area contributed by atoms with Gasteiger partial charge in [-0.25, -0.2) is 8.78 Å². The SMILES string of the molecule is COC1CCCC(OC(=O)CCC(=O)c2ccc(F)cc2F)C1. The molecule has 1 aromatic rings. The first kappa shape index (κ1) is 17.5. The van der Waals surface area contributed by atoms with Crippen LogP contribution in [0.5, 0.6) is 0 Å². The standard InChI is InChI=1S/C17H20F2O4/c1-22-12-3-2-4-13(10-12)23-17(21)8-7-16(20)14-6-5-11(18)9-15(14)19/h5-6,9,12-13H,2-4,7-8,10H2,1H3. The molecule has 6 heteroatoms. The molecule has 2 rings (SSSR count). The van der Waals surface area contributed by atoms with E-state index in [4.69, 9.17) is 9.47 Å². The summed E-state index contributed by atoms with van der Waals surface area (Å²) in [5, 5.41) is 0. The average molecular weight is 326 g/mol. The van der Waals surface area contributed by atoms with Crippen molar-refractivity contribution in [2.24, 2.45) is 0 Å². The number of ether oxygens (including phenoxy) is 2. The lowest BCUT2D eigenvalue weighted by atomic mass is 9.95. The van der Waals surface area contributed by atoms with Gasteiger partial charge in [-0.15, -0.1) is 0 Å². The molecule has 1 fully saturated rings. The number of carbonyl (C=O) groups is 2. The van der Waals surface area contributed by atoms with Crippen LogP contribution in [0, 0.1) is 11.6 Å². The van der Waals surface area contributed by atoms with Crippen LogP contribution in [0.2, 0.25) is 0 Å². The third-order valence-electron chi connectivity index (χ3n) is 4.00. The molecular formula is C17H20F2O4. The Bertz CT molecular complexity index is 574. The third-order valence-corrected chi connectivity index (χ3v) is 4.00. The van der Waals surface area contributed by atoms with Gasteiger partial charge in [-0.2, -0.15) is 0 Å². The number of halogens is 2. The second-order valence-electron chi connectivity index (χ2n) is 5.68. The van der Waals surface area contributed by atoms with E-state index in [9.17, 15) is 18.4 Å². The van der Waals surface area contributed by atoms with Crippen LogP contribution in [0.4, 0.5) is 8.78 Å². The zero-order valence-electron chi connectivity index (χ0n) is 13.0. The summed E-state index contributed by atoms with van der Waals surface area (Å²) < 4.78 is 36.9. The van der Waals surface area contributed by atoms with Crippen LogP contribution in [0.3, 0.4) is 0 Å². The first-order chi connectivity index (χ1) is 11.0. The molecule has 0 heterocycles. The maximum absolute atomic E-state index is 13.5. The third kappa shape index (κ3) is 5.10. The number of ketones is 1. The van der Waals surface area contributed by atoms with Crippen molar-refractivity contribution in [3.8, 4) is 0 Å². The highest BCUT2D eigenvalue weighted by atomic mass is 19.1. The number of methoxy groups -OCH3 is 1. The van der Waals surface area contributed by atoms with Crippen molar-refractivity contribution in [2.45, 2.75) is 50.7 Å². The minimum absolute atomic E-state index is 0.0940. The highest BCUT2D eigenvalue weighted by molar-refractivity contribution is 5.97. The fraction of sp³-hybridized carbons (Fsp3) is 0.529. The Morgan fingerprint density at radius 3 is 2.61 bits per heavy atom. The van der Waals surface area contributed by atoms with E-state index in [1.807, 2.05) is 0 Å². The summed E-state index contributed by atoms with van der Waals surface area (Å²) in [7, 11) is 1.63. The summed E-state index contributed by atoms with van der Waals surface area (Å²) in [4.78, 5) is 23.7. The van der Waals surface area contributed by atoms with Crippen LogP contribution < -0.4 is 0 Å². The molecule has 0 N–H and O–H groups in total. The van der Waals surface area contributed by atoms with E-state index in [1.165, 1.54) is 0 Å². The van der Waals surface area contributed by atoms with Gasteiger partial charge in [0, 0.05) is 26.0 Å². The number of benzene rings is 1. The van der Waals surface area contributed by atoms with Gasteiger partial charge >= 0.3 is 5.97 Å². The van der Waals surface area contributed by atoms with Gasteiger partial charge in [0.15, 0.2) is 5.78 Å². The molecule has 2 unspecified atom stereocenters. The highest BCUT2D eigenvalue weighted by Crippen LogP contribution is 2.23. The second-order valence-corrected chi connectivity index (χ2v) is 5.68. The summed E-state index contributed by atoms with van der Waals surface area (Å²) >= 11 is 0. The molecule has 0 saturated heterocycles. The first-order valence-corrected chi connectivity index (χ1v) is 7.70. The van der Waals surface area contributed by atoms with Gasteiger partial charge in [0.1, 0.15) is 17.7 Å². The molecule has 0 aromatic heterocycles. The maximum Gasteiger partial charge on any atom is 0.306 e. The van der Waals surface area contributed by atoms with Crippen LogP contribution in [0.15, 0.2) is 18.2 Å². The Balaban J connectivity index is 1.80. The van der Waals surface area contributed by atoms with Crippen LogP contribution in [-0.4, -0.2) is 31.1 Å². The Hall–Kier alpha value is -1.82. The summed E-state index contributed by atoms with van der Waals surface area (Å²) in [6.07, 6.45) is 2.93. The predicted octanol–water partition coefficient (Wildman–Crippen LogP) is 3.43. The molecule has 1 aliphatic carbocycles. The van der Waals surface area contributed by atoms with Crippen molar-refractivity contribution in [2.75, 3.05) is 7.11 Å². The summed E-state index contributed by atoms with van der Waals surface area (Å²) in [5.74, 6) is -2.69. The fourth-order valence-corrected chi connectivity index (χ4v) is 2.73. The number of hydrogen-bond donors (Lipinski definition) is 0. The second kappa shape index (κ2) is 8.15. The minimum Gasteiger partial charge on any atom is -0.462 e. The number of carbonyl (C=O) groups excluding carboxylic acids is 2. The number of esters is 1. The van der Waals surface area contributed by atoms with E-state index >= 15 is 0 Å². The van der Waals surface area contributed by atoms with Gasteiger partial charge < -0.3 is 9.47 Å². The number of Topliss-reactive ketones (excluding diaryl/α,β-unsaturated/α-hetero) is 1.